The molecule has 0 unspecified atom stereocenters. The number of furan rings is 2. The van der Waals surface area contributed by atoms with Gasteiger partial charge in [-0.05, 0) is 146 Å². The Morgan fingerprint density at radius 2 is 0.775 bits per heavy atom. The van der Waals surface area contributed by atoms with Gasteiger partial charge in [0, 0.05) is 85.9 Å². The molecule has 0 saturated carbocycles. The minimum absolute atomic E-state index is 0.120. The van der Waals surface area contributed by atoms with Crippen LogP contribution in [-0.2, 0) is 5.41 Å². The molecule has 22 aromatic rings. The summed E-state index contributed by atoms with van der Waals surface area (Å²) in [7, 11) is 0. The van der Waals surface area contributed by atoms with E-state index in [1.807, 2.05) is 11.3 Å². The molecule has 0 fully saturated rings. The summed E-state index contributed by atoms with van der Waals surface area (Å²) in [6, 6.07) is 108. The van der Waals surface area contributed by atoms with Gasteiger partial charge in [0.1, 0.15) is 22.3 Å². The molecule has 0 amide bonds. The fourth-order valence-electron chi connectivity index (χ4n) is 16.7. The van der Waals surface area contributed by atoms with Crippen LogP contribution in [0.3, 0.4) is 0 Å². The van der Waals surface area contributed by atoms with Crippen LogP contribution in [0.5, 0.6) is 0 Å². The minimum atomic E-state index is -0.120. The van der Waals surface area contributed by atoms with Gasteiger partial charge in [0.15, 0.2) is 0 Å². The van der Waals surface area contributed by atoms with Gasteiger partial charge >= 0.3 is 0 Å². The number of para-hydroxylation sites is 4. The molecule has 23 rings (SSSR count). The number of hydrogen-bond donors (Lipinski definition) is 0. The number of thiophene rings is 1. The second kappa shape index (κ2) is 21.5. The molecule has 15 aromatic carbocycles. The standard InChI is InChI=1S/C48H27N3OS.C45H29N3O/c1-2-10-28(11-3-1)31-18-21-35-37-23-22-36-33-14-7-9-17-41(33)51(46(36)47(37)53-44(35)27-31)48-49-40-16-8-6-15-38(40)45(50-48)32-19-20-34-39-24-29-12-4-5-13-30(29)25-43(39)52-42(34)26-32;1-45(2)36-16-8-5-13-29(36)33-24-34-30-14-7-10-18-39(30)48(40(34)25-37(33)45)44-46-38-17-9-6-15-32(38)43(47-44)28-19-20-31-35-21-26-11-3-4-12-27(26)22-42(35)49-41(31)23-28/h1-27H;3-25H,1-2H3. The van der Waals surface area contributed by atoms with Crippen molar-refractivity contribution in [1.82, 2.24) is 29.1 Å². The lowest BCUT2D eigenvalue weighted by molar-refractivity contribution is 0.661. The van der Waals surface area contributed by atoms with Crippen molar-refractivity contribution in [2.75, 3.05) is 0 Å². The predicted octanol–water partition coefficient (Wildman–Crippen LogP) is 25.2. The van der Waals surface area contributed by atoms with Gasteiger partial charge < -0.3 is 8.83 Å². The molecule has 8 nitrogen and oxygen atoms in total. The van der Waals surface area contributed by atoms with Gasteiger partial charge in [-0.3, -0.25) is 9.13 Å². The fourth-order valence-corrected chi connectivity index (χ4v) is 17.9. The molecule has 476 valence electrons. The first-order chi connectivity index (χ1) is 50.3. The van der Waals surface area contributed by atoms with E-state index in [0.717, 1.165) is 110 Å². The smallest absolute Gasteiger partial charge is 0.235 e. The molecule has 0 spiro atoms. The summed E-state index contributed by atoms with van der Waals surface area (Å²) in [4.78, 5) is 21.4. The third kappa shape index (κ3) is 8.43. The third-order valence-corrected chi connectivity index (χ3v) is 22.7. The summed E-state index contributed by atoms with van der Waals surface area (Å²) >= 11 is 1.84. The molecule has 1 aliphatic carbocycles. The summed E-state index contributed by atoms with van der Waals surface area (Å²) in [5.74, 6) is 1.31. The average molecular weight is 1320 g/mol. The van der Waals surface area contributed by atoms with E-state index in [0.29, 0.717) is 11.9 Å². The highest BCUT2D eigenvalue weighted by molar-refractivity contribution is 7.26. The molecule has 0 radical (unpaired) electrons. The van der Waals surface area contributed by atoms with E-state index in [2.05, 4.69) is 326 Å². The van der Waals surface area contributed by atoms with E-state index in [1.165, 1.54) is 96.6 Å². The Balaban J connectivity index is 0.000000129. The summed E-state index contributed by atoms with van der Waals surface area (Å²) in [6.45, 7) is 4.66. The second-order valence-corrected chi connectivity index (χ2v) is 28.7. The number of hydrogen-bond acceptors (Lipinski definition) is 7. The molecular weight excluding hydrogens is 1270 g/mol. The Morgan fingerprint density at radius 1 is 0.294 bits per heavy atom. The lowest BCUT2D eigenvalue weighted by Crippen LogP contribution is -2.15. The monoisotopic (exact) mass is 1320 g/mol. The quantitative estimate of drug-likeness (QED) is 0.171. The number of nitrogens with zero attached hydrogens (tertiary/aromatic N) is 6. The van der Waals surface area contributed by atoms with Crippen LogP contribution in [0.4, 0.5) is 0 Å². The van der Waals surface area contributed by atoms with Crippen molar-refractivity contribution in [3.63, 3.8) is 0 Å². The Labute approximate surface area is 586 Å². The van der Waals surface area contributed by atoms with Crippen molar-refractivity contribution >= 4 is 162 Å². The molecular formula is C93H56N6O2S. The molecule has 1 aliphatic rings. The summed E-state index contributed by atoms with van der Waals surface area (Å²) in [5.41, 5.74) is 21.1. The van der Waals surface area contributed by atoms with Gasteiger partial charge in [0.2, 0.25) is 11.9 Å². The van der Waals surface area contributed by atoms with Crippen LogP contribution < -0.4 is 0 Å². The van der Waals surface area contributed by atoms with Gasteiger partial charge in [-0.15, -0.1) is 11.3 Å². The number of fused-ring (bicyclic) bond motifs is 23. The Bertz CT molecular complexity index is 7370. The van der Waals surface area contributed by atoms with E-state index in [1.54, 1.807) is 0 Å². The normalized spacial score (nSPS) is 12.9. The molecule has 9 heteroatoms. The number of benzene rings is 15. The van der Waals surface area contributed by atoms with Crippen LogP contribution in [0.1, 0.15) is 25.0 Å². The number of rotatable bonds is 5. The third-order valence-electron chi connectivity index (χ3n) is 21.6. The maximum absolute atomic E-state index is 6.52. The van der Waals surface area contributed by atoms with Crippen LogP contribution in [0.25, 0.3) is 208 Å². The van der Waals surface area contributed by atoms with Crippen molar-refractivity contribution < 1.29 is 8.83 Å². The van der Waals surface area contributed by atoms with Gasteiger partial charge in [-0.1, -0.05) is 226 Å². The Morgan fingerprint density at radius 3 is 1.41 bits per heavy atom. The first-order valence-electron chi connectivity index (χ1n) is 34.6. The molecule has 7 heterocycles. The van der Waals surface area contributed by atoms with Crippen LogP contribution in [-0.4, -0.2) is 29.1 Å². The van der Waals surface area contributed by atoms with Gasteiger partial charge in [-0.25, -0.2) is 19.9 Å². The van der Waals surface area contributed by atoms with Crippen molar-refractivity contribution in [1.29, 1.82) is 0 Å². The Hall–Kier alpha value is -13.1. The minimum Gasteiger partial charge on any atom is -0.456 e. The zero-order valence-corrected chi connectivity index (χ0v) is 56.1. The summed E-state index contributed by atoms with van der Waals surface area (Å²) in [6.07, 6.45) is 0. The van der Waals surface area contributed by atoms with Crippen LogP contribution >= 0.6 is 11.3 Å². The van der Waals surface area contributed by atoms with E-state index in [-0.39, 0.29) is 5.41 Å². The van der Waals surface area contributed by atoms with E-state index in [4.69, 9.17) is 28.8 Å². The Kier molecular flexibility index (Phi) is 12.0. The second-order valence-electron chi connectivity index (χ2n) is 27.6. The van der Waals surface area contributed by atoms with Gasteiger partial charge in [0.25, 0.3) is 0 Å². The zero-order chi connectivity index (χ0) is 67.1. The van der Waals surface area contributed by atoms with Gasteiger partial charge in [-0.2, -0.15) is 0 Å². The lowest BCUT2D eigenvalue weighted by atomic mass is 9.82. The molecule has 0 saturated heterocycles. The SMILES string of the molecule is CC1(C)c2ccccc2-c2cc3c4ccccc4n(-c4nc(-c5ccc6c(c5)oc5cc7ccccc7cc56)c5ccccc5n4)c3cc21.c1ccc(-c2ccc3c(c2)sc2c3ccc3c4ccccc4n(-c4nc(-c5ccc6c(c5)oc5cc7ccccc7cc56)c5ccccc5n4)c32)cc1. The van der Waals surface area contributed by atoms with E-state index >= 15 is 0 Å². The van der Waals surface area contributed by atoms with Crippen LogP contribution in [0.2, 0.25) is 0 Å². The maximum Gasteiger partial charge on any atom is 0.235 e. The largest absolute Gasteiger partial charge is 0.456 e. The number of aromatic nitrogens is 6. The predicted molar refractivity (Wildman–Crippen MR) is 424 cm³/mol. The summed E-state index contributed by atoms with van der Waals surface area (Å²) < 4.78 is 20.0. The van der Waals surface area contributed by atoms with Crippen LogP contribution in [0.15, 0.2) is 312 Å². The maximum atomic E-state index is 6.52. The van der Waals surface area contributed by atoms with Crippen molar-refractivity contribution in [2.24, 2.45) is 0 Å². The van der Waals surface area contributed by atoms with E-state index in [9.17, 15) is 0 Å². The average Bonchev–Trinajstić information content (AvgIpc) is 1.55. The zero-order valence-electron chi connectivity index (χ0n) is 55.3. The topological polar surface area (TPSA) is 87.7 Å². The van der Waals surface area contributed by atoms with Crippen molar-refractivity contribution in [2.45, 2.75) is 19.3 Å². The molecule has 0 N–H and O–H groups in total. The molecule has 102 heavy (non-hydrogen) atoms. The van der Waals surface area contributed by atoms with E-state index < -0.39 is 0 Å². The van der Waals surface area contributed by atoms with Crippen molar-refractivity contribution in [3.8, 4) is 56.7 Å². The van der Waals surface area contributed by atoms with Crippen LogP contribution in [0, 0.1) is 0 Å². The first-order valence-corrected chi connectivity index (χ1v) is 35.5. The highest BCUT2D eigenvalue weighted by atomic mass is 32.1. The molecule has 0 aliphatic heterocycles. The highest BCUT2D eigenvalue weighted by Gasteiger charge is 2.36. The lowest BCUT2D eigenvalue weighted by Gasteiger charge is -2.21. The molecule has 0 atom stereocenters. The summed E-state index contributed by atoms with van der Waals surface area (Å²) in [5, 5.41) is 18.5. The molecule has 0 bridgehead atoms. The van der Waals surface area contributed by atoms with Gasteiger partial charge in [0.05, 0.1) is 49.2 Å². The fraction of sp³-hybridized carbons (Fsp3) is 0.0323. The molecule has 7 aromatic heterocycles. The van der Waals surface area contributed by atoms with Crippen molar-refractivity contribution in [3.05, 3.63) is 314 Å². The first kappa shape index (κ1) is 56.9. The highest BCUT2D eigenvalue weighted by Crippen LogP contribution is 2.52.